The summed E-state index contributed by atoms with van der Waals surface area (Å²) in [6.07, 6.45) is 0. The van der Waals surface area contributed by atoms with E-state index in [1.54, 1.807) is 12.1 Å². The maximum absolute atomic E-state index is 11.5. The Bertz CT molecular complexity index is 555. The molecule has 0 radical (unpaired) electrons. The normalized spacial score (nSPS) is 10.0. The van der Waals surface area contributed by atoms with Crippen LogP contribution in [0.3, 0.4) is 0 Å². The first-order valence-electron chi connectivity index (χ1n) is 5.74. The Hall–Kier alpha value is -1.70. The highest BCUT2D eigenvalue weighted by atomic mass is 127. The number of ether oxygens (including phenoxy) is 1. The third kappa shape index (κ3) is 3.88. The predicted octanol–water partition coefficient (Wildman–Crippen LogP) is 2.62. The molecule has 98 valence electrons. The Morgan fingerprint density at radius 2 is 1.95 bits per heavy atom. The molecule has 5 nitrogen and oxygen atoms in total. The van der Waals surface area contributed by atoms with Gasteiger partial charge in [0.25, 0.3) is 5.91 Å². The summed E-state index contributed by atoms with van der Waals surface area (Å²) in [4.78, 5) is 11.5. The van der Waals surface area contributed by atoms with Gasteiger partial charge in [0.2, 0.25) is 5.88 Å². The van der Waals surface area contributed by atoms with Crippen LogP contribution in [0.5, 0.6) is 11.6 Å². The minimum Gasteiger partial charge on any atom is -0.438 e. The average Bonchev–Trinajstić information content (AvgIpc) is 2.42. The van der Waals surface area contributed by atoms with Gasteiger partial charge in [-0.05, 0) is 59.8 Å². The maximum Gasteiger partial charge on any atom is 0.271 e. The molecule has 0 aliphatic rings. The largest absolute Gasteiger partial charge is 0.438 e. The number of hydrogen-bond donors (Lipinski definition) is 1. The zero-order valence-corrected chi connectivity index (χ0v) is 12.4. The molecule has 0 unspecified atom stereocenters. The number of halogens is 1. The predicted molar refractivity (Wildman–Crippen MR) is 79.3 cm³/mol. The molecule has 6 heteroatoms. The van der Waals surface area contributed by atoms with Crippen molar-refractivity contribution >= 4 is 28.5 Å². The van der Waals surface area contributed by atoms with Crippen LogP contribution in [-0.4, -0.2) is 22.6 Å². The van der Waals surface area contributed by atoms with Gasteiger partial charge in [0, 0.05) is 16.2 Å². The Labute approximate surface area is 124 Å². The molecule has 1 aromatic heterocycles. The fourth-order valence-corrected chi connectivity index (χ4v) is 1.73. The quantitative estimate of drug-likeness (QED) is 0.842. The summed E-state index contributed by atoms with van der Waals surface area (Å²) in [5.74, 6) is 0.797. The fourth-order valence-electron chi connectivity index (χ4n) is 1.37. The van der Waals surface area contributed by atoms with Crippen LogP contribution in [0.4, 0.5) is 0 Å². The summed E-state index contributed by atoms with van der Waals surface area (Å²) >= 11 is 2.22. The second-order valence-electron chi connectivity index (χ2n) is 3.67. The van der Waals surface area contributed by atoms with Gasteiger partial charge in [-0.15, -0.1) is 10.2 Å². The number of carbonyl (C=O) groups excluding carboxylic acids is 1. The van der Waals surface area contributed by atoms with Crippen molar-refractivity contribution in [2.24, 2.45) is 0 Å². The first kappa shape index (κ1) is 13.7. The summed E-state index contributed by atoms with van der Waals surface area (Å²) in [5.41, 5.74) is 0.275. The molecule has 19 heavy (non-hydrogen) atoms. The van der Waals surface area contributed by atoms with Crippen molar-refractivity contribution in [2.75, 3.05) is 6.54 Å². The van der Waals surface area contributed by atoms with Crippen LogP contribution in [0.25, 0.3) is 0 Å². The lowest BCUT2D eigenvalue weighted by Crippen LogP contribution is -2.23. The molecule has 2 rings (SSSR count). The third-order valence-electron chi connectivity index (χ3n) is 2.25. The van der Waals surface area contributed by atoms with Crippen LogP contribution in [0, 0.1) is 3.57 Å². The molecule has 0 fully saturated rings. The summed E-state index contributed by atoms with van der Waals surface area (Å²) < 4.78 is 6.65. The van der Waals surface area contributed by atoms with Gasteiger partial charge >= 0.3 is 0 Å². The van der Waals surface area contributed by atoms with Gasteiger partial charge in [-0.3, -0.25) is 4.79 Å². The van der Waals surface area contributed by atoms with E-state index < -0.39 is 0 Å². The van der Waals surface area contributed by atoms with E-state index in [9.17, 15) is 4.79 Å². The van der Waals surface area contributed by atoms with E-state index in [1.165, 1.54) is 0 Å². The molecule has 0 atom stereocenters. The summed E-state index contributed by atoms with van der Waals surface area (Å²) in [5, 5.41) is 10.3. The van der Waals surface area contributed by atoms with E-state index in [4.69, 9.17) is 4.74 Å². The number of nitrogens with one attached hydrogen (secondary N) is 1. The monoisotopic (exact) mass is 369 g/mol. The Balaban J connectivity index is 2.06. The van der Waals surface area contributed by atoms with Crippen LogP contribution in [-0.2, 0) is 0 Å². The molecule has 0 saturated heterocycles. The second-order valence-corrected chi connectivity index (χ2v) is 4.92. The molecule has 0 spiro atoms. The van der Waals surface area contributed by atoms with Gasteiger partial charge in [0.15, 0.2) is 5.69 Å². The highest BCUT2D eigenvalue weighted by molar-refractivity contribution is 14.1. The topological polar surface area (TPSA) is 64.1 Å². The number of aromatic nitrogens is 2. The number of nitrogens with zero attached hydrogens (tertiary/aromatic N) is 2. The lowest BCUT2D eigenvalue weighted by Gasteiger charge is -2.05. The first-order chi connectivity index (χ1) is 9.19. The number of benzene rings is 1. The Morgan fingerprint density at radius 3 is 2.53 bits per heavy atom. The number of hydrogen-bond acceptors (Lipinski definition) is 4. The third-order valence-corrected chi connectivity index (χ3v) is 2.97. The van der Waals surface area contributed by atoms with E-state index in [0.29, 0.717) is 18.2 Å². The van der Waals surface area contributed by atoms with Crippen LogP contribution in [0.2, 0.25) is 0 Å². The Morgan fingerprint density at radius 1 is 1.21 bits per heavy atom. The second kappa shape index (κ2) is 6.46. The number of carbonyl (C=O) groups is 1. The highest BCUT2D eigenvalue weighted by Gasteiger charge is 2.07. The van der Waals surface area contributed by atoms with E-state index in [2.05, 4.69) is 38.1 Å². The number of rotatable bonds is 4. The first-order valence-corrected chi connectivity index (χ1v) is 6.82. The molecule has 0 bridgehead atoms. The molecular formula is C13H12IN3O2. The van der Waals surface area contributed by atoms with Crippen molar-refractivity contribution in [3.8, 4) is 11.6 Å². The van der Waals surface area contributed by atoms with Crippen molar-refractivity contribution < 1.29 is 9.53 Å². The van der Waals surface area contributed by atoms with Gasteiger partial charge < -0.3 is 10.1 Å². The minimum absolute atomic E-state index is 0.240. The van der Waals surface area contributed by atoms with Crippen LogP contribution >= 0.6 is 22.6 Å². The van der Waals surface area contributed by atoms with E-state index in [1.807, 2.05) is 31.2 Å². The van der Waals surface area contributed by atoms with Gasteiger partial charge in [-0.25, -0.2) is 0 Å². The van der Waals surface area contributed by atoms with E-state index >= 15 is 0 Å². The molecule has 2 aromatic rings. The maximum atomic E-state index is 11.5. The van der Waals surface area contributed by atoms with Gasteiger partial charge in [-0.1, -0.05) is 0 Å². The summed E-state index contributed by atoms with van der Waals surface area (Å²) in [6, 6.07) is 10.8. The van der Waals surface area contributed by atoms with Crippen molar-refractivity contribution in [1.29, 1.82) is 0 Å². The van der Waals surface area contributed by atoms with Gasteiger partial charge in [0.1, 0.15) is 5.75 Å². The van der Waals surface area contributed by atoms with Crippen LogP contribution in [0.1, 0.15) is 17.4 Å². The minimum atomic E-state index is -0.240. The zero-order chi connectivity index (χ0) is 13.7. The molecule has 1 N–H and O–H groups in total. The summed E-state index contributed by atoms with van der Waals surface area (Å²) in [7, 11) is 0. The standard InChI is InChI=1S/C13H12IN3O2/c1-2-15-13(18)11-7-8-12(17-16-11)19-10-5-3-9(14)4-6-10/h3-8H,2H2,1H3,(H,15,18). The van der Waals surface area contributed by atoms with E-state index in [-0.39, 0.29) is 11.6 Å². The molecule has 0 aliphatic heterocycles. The molecule has 0 aliphatic carbocycles. The van der Waals surface area contributed by atoms with Gasteiger partial charge in [-0.2, -0.15) is 0 Å². The Kier molecular flexibility index (Phi) is 4.67. The molecule has 0 saturated carbocycles. The van der Waals surface area contributed by atoms with Crippen molar-refractivity contribution in [1.82, 2.24) is 15.5 Å². The molecule has 1 amide bonds. The number of amides is 1. The lowest BCUT2D eigenvalue weighted by molar-refractivity contribution is 0.0949. The zero-order valence-electron chi connectivity index (χ0n) is 10.3. The van der Waals surface area contributed by atoms with E-state index in [0.717, 1.165) is 3.57 Å². The highest BCUT2D eigenvalue weighted by Crippen LogP contribution is 2.19. The van der Waals surface area contributed by atoms with Crippen molar-refractivity contribution in [3.05, 3.63) is 45.7 Å². The van der Waals surface area contributed by atoms with Gasteiger partial charge in [0.05, 0.1) is 0 Å². The fraction of sp³-hybridized carbons (Fsp3) is 0.154. The van der Waals surface area contributed by atoms with Crippen molar-refractivity contribution in [3.63, 3.8) is 0 Å². The average molecular weight is 369 g/mol. The van der Waals surface area contributed by atoms with Crippen molar-refractivity contribution in [2.45, 2.75) is 6.92 Å². The summed E-state index contributed by atoms with van der Waals surface area (Å²) in [6.45, 7) is 2.40. The van der Waals surface area contributed by atoms with Crippen LogP contribution in [0.15, 0.2) is 36.4 Å². The smallest absolute Gasteiger partial charge is 0.271 e. The molecule has 1 aromatic carbocycles. The lowest BCUT2D eigenvalue weighted by atomic mass is 10.3. The molecule has 1 heterocycles. The SMILES string of the molecule is CCNC(=O)c1ccc(Oc2ccc(I)cc2)nn1. The molecular weight excluding hydrogens is 357 g/mol. The van der Waals surface area contributed by atoms with Crippen LogP contribution < -0.4 is 10.1 Å².